The van der Waals surface area contributed by atoms with Gasteiger partial charge in [0.1, 0.15) is 5.75 Å². The van der Waals surface area contributed by atoms with E-state index in [1.807, 2.05) is 66.7 Å². The molecule has 1 aliphatic carbocycles. The molecule has 4 aromatic rings. The Balaban J connectivity index is 1.33. The zero-order valence-corrected chi connectivity index (χ0v) is 18.0. The van der Waals surface area contributed by atoms with Crippen LogP contribution in [0.5, 0.6) is 11.5 Å². The van der Waals surface area contributed by atoms with Crippen LogP contribution >= 0.6 is 11.8 Å². The first kappa shape index (κ1) is 20.3. The SMILES string of the molecule is O=C(CSc1nc2ccccc2c(=O)n1C1CC1)Nc1ccccc1Oc1ccccc1. The number of nitrogens with zero attached hydrogens (tertiary/aromatic N) is 2. The highest BCUT2D eigenvalue weighted by Crippen LogP contribution is 2.37. The van der Waals surface area contributed by atoms with Gasteiger partial charge in [0, 0.05) is 6.04 Å². The van der Waals surface area contributed by atoms with Crippen molar-refractivity contribution in [3.63, 3.8) is 0 Å². The van der Waals surface area contributed by atoms with Gasteiger partial charge in [-0.2, -0.15) is 0 Å². The lowest BCUT2D eigenvalue weighted by Gasteiger charge is -2.14. The van der Waals surface area contributed by atoms with E-state index in [4.69, 9.17) is 4.74 Å². The van der Waals surface area contributed by atoms with Crippen molar-refractivity contribution in [2.24, 2.45) is 0 Å². The van der Waals surface area contributed by atoms with Gasteiger partial charge in [0.15, 0.2) is 10.9 Å². The maximum atomic E-state index is 13.0. The van der Waals surface area contributed by atoms with E-state index in [1.165, 1.54) is 11.8 Å². The summed E-state index contributed by atoms with van der Waals surface area (Å²) >= 11 is 1.28. The fourth-order valence-electron chi connectivity index (χ4n) is 3.47. The molecule has 1 aromatic heterocycles. The summed E-state index contributed by atoms with van der Waals surface area (Å²) in [6, 6.07) is 24.2. The number of aromatic nitrogens is 2. The Morgan fingerprint density at radius 2 is 1.72 bits per heavy atom. The third-order valence-electron chi connectivity index (χ3n) is 5.15. The van der Waals surface area contributed by atoms with E-state index in [2.05, 4.69) is 10.3 Å². The Bertz CT molecular complexity index is 1330. The van der Waals surface area contributed by atoms with Crippen LogP contribution in [0.15, 0.2) is 88.8 Å². The zero-order chi connectivity index (χ0) is 21.9. The van der Waals surface area contributed by atoms with Crippen molar-refractivity contribution in [1.29, 1.82) is 0 Å². The summed E-state index contributed by atoms with van der Waals surface area (Å²) < 4.78 is 7.66. The second-order valence-corrected chi connectivity index (χ2v) is 8.51. The highest BCUT2D eigenvalue weighted by Gasteiger charge is 2.28. The fraction of sp³-hybridized carbons (Fsp3) is 0.160. The van der Waals surface area contributed by atoms with E-state index < -0.39 is 0 Å². The van der Waals surface area contributed by atoms with Crippen molar-refractivity contribution in [2.45, 2.75) is 24.0 Å². The second kappa shape index (κ2) is 8.88. The topological polar surface area (TPSA) is 73.2 Å². The second-order valence-electron chi connectivity index (χ2n) is 7.57. The maximum Gasteiger partial charge on any atom is 0.262 e. The molecule has 3 aromatic carbocycles. The lowest BCUT2D eigenvalue weighted by molar-refractivity contribution is -0.113. The number of anilines is 1. The van der Waals surface area contributed by atoms with E-state index in [-0.39, 0.29) is 23.3 Å². The van der Waals surface area contributed by atoms with Gasteiger partial charge in [-0.05, 0) is 49.2 Å². The average molecular weight is 444 g/mol. The van der Waals surface area contributed by atoms with Crippen molar-refractivity contribution >= 4 is 34.3 Å². The zero-order valence-electron chi connectivity index (χ0n) is 17.2. The molecule has 1 N–H and O–H groups in total. The largest absolute Gasteiger partial charge is 0.455 e. The Morgan fingerprint density at radius 1 is 1.00 bits per heavy atom. The summed E-state index contributed by atoms with van der Waals surface area (Å²) in [6.07, 6.45) is 1.92. The molecule has 0 bridgehead atoms. The van der Waals surface area contributed by atoms with Gasteiger partial charge in [0.25, 0.3) is 5.56 Å². The number of benzene rings is 3. The Hall–Kier alpha value is -3.58. The number of fused-ring (bicyclic) bond motifs is 1. The fourth-order valence-corrected chi connectivity index (χ4v) is 4.34. The van der Waals surface area contributed by atoms with Gasteiger partial charge in [0.05, 0.1) is 22.3 Å². The summed E-state index contributed by atoms with van der Waals surface area (Å²) in [5.41, 5.74) is 1.20. The molecule has 0 unspecified atom stereocenters. The lowest BCUT2D eigenvalue weighted by atomic mass is 10.2. The molecule has 1 saturated carbocycles. The van der Waals surface area contributed by atoms with Crippen molar-refractivity contribution in [3.8, 4) is 11.5 Å². The number of carbonyl (C=O) groups is 1. The number of hydrogen-bond donors (Lipinski definition) is 1. The van der Waals surface area contributed by atoms with Gasteiger partial charge in [-0.15, -0.1) is 0 Å². The van der Waals surface area contributed by atoms with Gasteiger partial charge >= 0.3 is 0 Å². The first-order chi connectivity index (χ1) is 15.7. The van der Waals surface area contributed by atoms with Crippen molar-refractivity contribution < 1.29 is 9.53 Å². The molecule has 0 spiro atoms. The summed E-state index contributed by atoms with van der Waals surface area (Å²) in [5, 5.41) is 4.11. The molecule has 160 valence electrons. The maximum absolute atomic E-state index is 13.0. The lowest BCUT2D eigenvalue weighted by Crippen LogP contribution is -2.23. The number of ether oxygens (including phenoxy) is 1. The first-order valence-corrected chi connectivity index (χ1v) is 11.4. The number of carbonyl (C=O) groups excluding carboxylic acids is 1. The van der Waals surface area contributed by atoms with Crippen LogP contribution in [0.2, 0.25) is 0 Å². The number of thioether (sulfide) groups is 1. The summed E-state index contributed by atoms with van der Waals surface area (Å²) in [7, 11) is 0. The highest BCUT2D eigenvalue weighted by atomic mass is 32.2. The van der Waals surface area contributed by atoms with E-state index in [0.29, 0.717) is 33.2 Å². The smallest absolute Gasteiger partial charge is 0.262 e. The number of rotatable bonds is 7. The highest BCUT2D eigenvalue weighted by molar-refractivity contribution is 7.99. The number of hydrogen-bond acceptors (Lipinski definition) is 5. The Morgan fingerprint density at radius 3 is 2.53 bits per heavy atom. The van der Waals surface area contributed by atoms with Crippen LogP contribution in [0.1, 0.15) is 18.9 Å². The number of nitrogens with one attached hydrogen (secondary N) is 1. The van der Waals surface area contributed by atoms with Gasteiger partial charge in [-0.1, -0.05) is 54.2 Å². The normalized spacial score (nSPS) is 13.1. The first-order valence-electron chi connectivity index (χ1n) is 10.4. The van der Waals surface area contributed by atoms with Gasteiger partial charge in [-0.3, -0.25) is 14.2 Å². The molecule has 0 saturated heterocycles. The van der Waals surface area contributed by atoms with Crippen LogP contribution in [0.3, 0.4) is 0 Å². The molecule has 1 heterocycles. The van der Waals surface area contributed by atoms with Crippen LogP contribution in [-0.2, 0) is 4.79 Å². The van der Waals surface area contributed by atoms with Gasteiger partial charge in [-0.25, -0.2) is 4.98 Å². The molecular formula is C25H21N3O3S. The summed E-state index contributed by atoms with van der Waals surface area (Å²) in [5.74, 6) is 1.20. The standard InChI is InChI=1S/C25H21N3O3S/c29-23(26-21-12-6-7-13-22(21)31-18-8-2-1-3-9-18)16-32-25-27-20-11-5-4-10-19(20)24(30)28(25)17-14-15-17/h1-13,17H,14-16H2,(H,26,29). The Kier molecular flexibility index (Phi) is 5.64. The van der Waals surface area contributed by atoms with Crippen LogP contribution in [0, 0.1) is 0 Å². The quantitative estimate of drug-likeness (QED) is 0.312. The van der Waals surface area contributed by atoms with E-state index in [0.717, 1.165) is 12.8 Å². The monoisotopic (exact) mass is 443 g/mol. The van der Waals surface area contributed by atoms with Crippen LogP contribution < -0.4 is 15.6 Å². The third-order valence-corrected chi connectivity index (χ3v) is 6.10. The molecule has 0 radical (unpaired) electrons. The van der Waals surface area contributed by atoms with Crippen molar-refractivity contribution in [2.75, 3.05) is 11.1 Å². The molecular weight excluding hydrogens is 422 g/mol. The van der Waals surface area contributed by atoms with Crippen molar-refractivity contribution in [3.05, 3.63) is 89.2 Å². The minimum atomic E-state index is -0.191. The van der Waals surface area contributed by atoms with E-state index in [9.17, 15) is 9.59 Å². The van der Waals surface area contributed by atoms with Gasteiger partial charge < -0.3 is 10.1 Å². The average Bonchev–Trinajstić information content (AvgIpc) is 3.65. The van der Waals surface area contributed by atoms with Crippen LogP contribution in [0.25, 0.3) is 10.9 Å². The summed E-state index contributed by atoms with van der Waals surface area (Å²) in [4.78, 5) is 30.4. The van der Waals surface area contributed by atoms with E-state index >= 15 is 0 Å². The molecule has 6 nitrogen and oxygen atoms in total. The predicted molar refractivity (Wildman–Crippen MR) is 127 cm³/mol. The van der Waals surface area contributed by atoms with E-state index in [1.54, 1.807) is 16.7 Å². The molecule has 7 heteroatoms. The van der Waals surface area contributed by atoms with Crippen LogP contribution in [0.4, 0.5) is 5.69 Å². The Labute approximate surface area is 189 Å². The molecule has 32 heavy (non-hydrogen) atoms. The number of amides is 1. The van der Waals surface area contributed by atoms with Gasteiger partial charge in [0.2, 0.25) is 5.91 Å². The number of para-hydroxylation sites is 4. The molecule has 1 amide bonds. The minimum absolute atomic E-state index is 0.0392. The third kappa shape index (κ3) is 4.38. The molecule has 1 aliphatic rings. The van der Waals surface area contributed by atoms with Crippen LogP contribution in [-0.4, -0.2) is 21.2 Å². The molecule has 0 atom stereocenters. The molecule has 0 aliphatic heterocycles. The molecule has 1 fully saturated rings. The summed E-state index contributed by atoms with van der Waals surface area (Å²) in [6.45, 7) is 0. The minimum Gasteiger partial charge on any atom is -0.455 e. The van der Waals surface area contributed by atoms with Crippen molar-refractivity contribution in [1.82, 2.24) is 9.55 Å². The molecule has 5 rings (SSSR count). The predicted octanol–water partition coefficient (Wildman–Crippen LogP) is 5.25.